The van der Waals surface area contributed by atoms with Gasteiger partial charge < -0.3 is 5.32 Å². The fourth-order valence-corrected chi connectivity index (χ4v) is 4.65. The quantitative estimate of drug-likeness (QED) is 0.363. The van der Waals surface area contributed by atoms with Crippen molar-refractivity contribution in [3.8, 4) is 11.1 Å². The summed E-state index contributed by atoms with van der Waals surface area (Å²) in [6, 6.07) is 24.3. The van der Waals surface area contributed by atoms with Gasteiger partial charge in [-0.1, -0.05) is 60.9 Å². The van der Waals surface area contributed by atoms with Crippen LogP contribution < -0.4 is 5.32 Å². The lowest BCUT2D eigenvalue weighted by molar-refractivity contribution is 0.102. The van der Waals surface area contributed by atoms with Gasteiger partial charge in [0.2, 0.25) is 0 Å². The van der Waals surface area contributed by atoms with Gasteiger partial charge in [-0.2, -0.15) is 0 Å². The summed E-state index contributed by atoms with van der Waals surface area (Å²) in [4.78, 5) is 20.0. The van der Waals surface area contributed by atoms with E-state index in [0.717, 1.165) is 34.3 Å². The molecule has 0 atom stereocenters. The van der Waals surface area contributed by atoms with Crippen molar-refractivity contribution in [3.63, 3.8) is 0 Å². The molecule has 34 heavy (non-hydrogen) atoms. The smallest absolute Gasteiger partial charge is 0.255 e. The molecule has 0 bridgehead atoms. The van der Waals surface area contributed by atoms with Crippen molar-refractivity contribution in [2.45, 2.75) is 39.2 Å². The van der Waals surface area contributed by atoms with Crippen LogP contribution >= 0.6 is 0 Å². The second-order valence-corrected chi connectivity index (χ2v) is 9.34. The SMILES string of the molecule is Cc1ccc(-c2ccc(C(=O)Nc3ccc4cc(CN5CCCCCC5)cnc4c3)cc2)cc1. The predicted molar refractivity (Wildman–Crippen MR) is 140 cm³/mol. The van der Waals surface area contributed by atoms with Gasteiger partial charge in [-0.25, -0.2) is 0 Å². The second kappa shape index (κ2) is 10.2. The van der Waals surface area contributed by atoms with Crippen LogP contribution in [0.4, 0.5) is 5.69 Å². The minimum atomic E-state index is -0.118. The Balaban J connectivity index is 1.25. The summed E-state index contributed by atoms with van der Waals surface area (Å²) < 4.78 is 0. The topological polar surface area (TPSA) is 45.2 Å². The molecular formula is C30H31N3O. The van der Waals surface area contributed by atoms with Gasteiger partial charge in [0.15, 0.2) is 0 Å². The molecule has 1 aliphatic rings. The Kier molecular flexibility index (Phi) is 6.68. The number of amides is 1. The highest BCUT2D eigenvalue weighted by Crippen LogP contribution is 2.23. The van der Waals surface area contributed by atoms with E-state index in [4.69, 9.17) is 0 Å². The lowest BCUT2D eigenvalue weighted by atomic mass is 10.0. The molecule has 5 rings (SSSR count). The van der Waals surface area contributed by atoms with E-state index in [1.165, 1.54) is 49.9 Å². The molecule has 172 valence electrons. The molecule has 0 aliphatic carbocycles. The molecule has 1 N–H and O–H groups in total. The van der Waals surface area contributed by atoms with E-state index in [1.54, 1.807) is 0 Å². The van der Waals surface area contributed by atoms with Crippen molar-refractivity contribution in [2.24, 2.45) is 0 Å². The molecule has 0 radical (unpaired) electrons. The number of benzene rings is 3. The minimum absolute atomic E-state index is 0.118. The summed E-state index contributed by atoms with van der Waals surface area (Å²) in [5.74, 6) is -0.118. The molecular weight excluding hydrogens is 418 g/mol. The van der Waals surface area contributed by atoms with E-state index in [2.05, 4.69) is 52.5 Å². The highest BCUT2D eigenvalue weighted by molar-refractivity contribution is 6.05. The first-order valence-electron chi connectivity index (χ1n) is 12.2. The number of rotatable bonds is 5. The first-order valence-corrected chi connectivity index (χ1v) is 12.2. The average molecular weight is 450 g/mol. The molecule has 2 heterocycles. The summed E-state index contributed by atoms with van der Waals surface area (Å²) in [5.41, 5.74) is 7.02. The lowest BCUT2D eigenvalue weighted by Gasteiger charge is -2.19. The minimum Gasteiger partial charge on any atom is -0.322 e. The number of aromatic nitrogens is 1. The van der Waals surface area contributed by atoms with Crippen LogP contribution in [0.15, 0.2) is 79.0 Å². The van der Waals surface area contributed by atoms with Gasteiger partial charge in [-0.15, -0.1) is 0 Å². The number of hydrogen-bond donors (Lipinski definition) is 1. The number of hydrogen-bond acceptors (Lipinski definition) is 3. The molecule has 1 saturated heterocycles. The van der Waals surface area contributed by atoms with E-state index < -0.39 is 0 Å². The Hall–Kier alpha value is -3.50. The monoisotopic (exact) mass is 449 g/mol. The number of anilines is 1. The Bertz CT molecular complexity index is 1270. The molecule has 0 spiro atoms. The van der Waals surface area contributed by atoms with Crippen molar-refractivity contribution in [2.75, 3.05) is 18.4 Å². The maximum absolute atomic E-state index is 12.8. The van der Waals surface area contributed by atoms with Gasteiger partial charge in [0.25, 0.3) is 5.91 Å². The zero-order chi connectivity index (χ0) is 23.3. The van der Waals surface area contributed by atoms with Crippen LogP contribution in [0.2, 0.25) is 0 Å². The van der Waals surface area contributed by atoms with Crippen LogP contribution in [0.25, 0.3) is 22.0 Å². The van der Waals surface area contributed by atoms with Gasteiger partial charge in [0.1, 0.15) is 0 Å². The van der Waals surface area contributed by atoms with Crippen molar-refractivity contribution < 1.29 is 4.79 Å². The number of nitrogens with one attached hydrogen (secondary N) is 1. The van der Waals surface area contributed by atoms with Crippen LogP contribution in [0.3, 0.4) is 0 Å². The van der Waals surface area contributed by atoms with Crippen molar-refractivity contribution in [1.82, 2.24) is 9.88 Å². The molecule has 3 aromatic carbocycles. The van der Waals surface area contributed by atoms with Crippen LogP contribution in [0.1, 0.15) is 47.2 Å². The number of nitrogens with zero attached hydrogens (tertiary/aromatic N) is 2. The molecule has 1 aromatic heterocycles. The van der Waals surface area contributed by atoms with E-state index >= 15 is 0 Å². The summed E-state index contributed by atoms with van der Waals surface area (Å²) in [5, 5.41) is 4.12. The fourth-order valence-electron chi connectivity index (χ4n) is 4.65. The summed E-state index contributed by atoms with van der Waals surface area (Å²) >= 11 is 0. The van der Waals surface area contributed by atoms with Crippen molar-refractivity contribution in [1.29, 1.82) is 0 Å². The molecule has 4 heteroatoms. The molecule has 1 amide bonds. The van der Waals surface area contributed by atoms with E-state index in [0.29, 0.717) is 5.56 Å². The average Bonchev–Trinajstić information content (AvgIpc) is 3.13. The predicted octanol–water partition coefficient (Wildman–Crippen LogP) is 6.84. The van der Waals surface area contributed by atoms with Crippen molar-refractivity contribution in [3.05, 3.63) is 95.7 Å². The van der Waals surface area contributed by atoms with Gasteiger partial charge in [0.05, 0.1) is 5.52 Å². The second-order valence-electron chi connectivity index (χ2n) is 9.34. The number of carbonyl (C=O) groups is 1. The normalized spacial score (nSPS) is 14.6. The fraction of sp³-hybridized carbons (Fsp3) is 0.267. The van der Waals surface area contributed by atoms with Gasteiger partial charge in [0, 0.05) is 29.4 Å². The standard InChI is InChI=1S/C30H31N3O/c1-22-6-8-24(9-7-22)25-10-12-26(13-11-25)30(34)32-28-15-14-27-18-23(20-31-29(27)19-28)21-33-16-4-2-3-5-17-33/h6-15,18-20H,2-5,16-17,21H2,1H3,(H,32,34). The number of likely N-dealkylation sites (tertiary alicyclic amines) is 1. The molecule has 1 aliphatic heterocycles. The van der Waals surface area contributed by atoms with Crippen LogP contribution in [-0.4, -0.2) is 28.9 Å². The van der Waals surface area contributed by atoms with E-state index in [1.807, 2.05) is 48.7 Å². The Labute approximate surface area is 201 Å². The zero-order valence-corrected chi connectivity index (χ0v) is 19.8. The third-order valence-electron chi connectivity index (χ3n) is 6.64. The third-order valence-corrected chi connectivity index (χ3v) is 6.64. The highest BCUT2D eigenvalue weighted by atomic mass is 16.1. The molecule has 1 fully saturated rings. The Morgan fingerprint density at radius 2 is 1.53 bits per heavy atom. The number of fused-ring (bicyclic) bond motifs is 1. The van der Waals surface area contributed by atoms with Crippen molar-refractivity contribution >= 4 is 22.5 Å². The summed E-state index contributed by atoms with van der Waals surface area (Å²) in [7, 11) is 0. The highest BCUT2D eigenvalue weighted by Gasteiger charge is 2.11. The van der Waals surface area contributed by atoms with Crippen LogP contribution in [0.5, 0.6) is 0 Å². The largest absolute Gasteiger partial charge is 0.322 e. The van der Waals surface area contributed by atoms with Crippen LogP contribution in [-0.2, 0) is 6.54 Å². The first kappa shape index (κ1) is 22.3. The summed E-state index contributed by atoms with van der Waals surface area (Å²) in [6.45, 7) is 5.39. The van der Waals surface area contributed by atoms with E-state index in [9.17, 15) is 4.79 Å². The lowest BCUT2D eigenvalue weighted by Crippen LogP contribution is -2.23. The Morgan fingerprint density at radius 1 is 0.853 bits per heavy atom. The van der Waals surface area contributed by atoms with Crippen LogP contribution in [0, 0.1) is 6.92 Å². The molecule has 4 nitrogen and oxygen atoms in total. The molecule has 0 unspecified atom stereocenters. The number of aryl methyl sites for hydroxylation is 1. The van der Waals surface area contributed by atoms with E-state index in [-0.39, 0.29) is 5.91 Å². The number of pyridine rings is 1. The Morgan fingerprint density at radius 3 is 2.24 bits per heavy atom. The molecule has 0 saturated carbocycles. The zero-order valence-electron chi connectivity index (χ0n) is 19.8. The first-order chi connectivity index (χ1) is 16.6. The maximum atomic E-state index is 12.8. The van der Waals surface area contributed by atoms with Gasteiger partial charge in [-0.3, -0.25) is 14.7 Å². The van der Waals surface area contributed by atoms with Gasteiger partial charge >= 0.3 is 0 Å². The van der Waals surface area contributed by atoms with Gasteiger partial charge in [-0.05, 0) is 79.9 Å². The number of carbonyl (C=O) groups excluding carboxylic acids is 1. The maximum Gasteiger partial charge on any atom is 0.255 e. The summed E-state index contributed by atoms with van der Waals surface area (Å²) in [6.07, 6.45) is 7.25. The third kappa shape index (κ3) is 5.35. The molecule has 4 aromatic rings.